The molecule has 1 fully saturated rings. The summed E-state index contributed by atoms with van der Waals surface area (Å²) in [5, 5.41) is 9.85. The lowest BCUT2D eigenvalue weighted by Gasteiger charge is -2.36. The van der Waals surface area contributed by atoms with E-state index in [1.807, 2.05) is 12.1 Å². The van der Waals surface area contributed by atoms with Crippen molar-refractivity contribution in [3.05, 3.63) is 71.1 Å². The molecule has 8 heteroatoms. The van der Waals surface area contributed by atoms with Gasteiger partial charge in [-0.2, -0.15) is 5.26 Å². The molecule has 4 atom stereocenters. The van der Waals surface area contributed by atoms with Crippen molar-refractivity contribution in [2.45, 2.75) is 38.0 Å². The first kappa shape index (κ1) is 21.7. The minimum Gasteiger partial charge on any atom is -0.493 e. The molecule has 0 aliphatic carbocycles. The largest absolute Gasteiger partial charge is 0.493 e. The van der Waals surface area contributed by atoms with Crippen LogP contribution in [-0.4, -0.2) is 25.3 Å². The average Bonchev–Trinajstić information content (AvgIpc) is 3.21. The van der Waals surface area contributed by atoms with Crippen molar-refractivity contribution in [1.29, 1.82) is 5.26 Å². The van der Waals surface area contributed by atoms with Crippen molar-refractivity contribution in [2.75, 3.05) is 7.11 Å². The molecule has 4 N–H and O–H groups in total. The Hall–Kier alpha value is -3.54. The maximum Gasteiger partial charge on any atom is 0.343 e. The molecule has 4 unspecified atom stereocenters. The maximum atomic E-state index is 12.5. The van der Waals surface area contributed by atoms with Crippen molar-refractivity contribution in [3.8, 4) is 17.6 Å². The minimum absolute atomic E-state index is 0.0423. The average molecular weight is 434 g/mol. The molecule has 1 saturated heterocycles. The smallest absolute Gasteiger partial charge is 0.343 e. The Bertz CT molecular complexity index is 1060. The highest BCUT2D eigenvalue weighted by atomic mass is 16.6. The van der Waals surface area contributed by atoms with Crippen LogP contribution in [0.5, 0.6) is 11.5 Å². The van der Waals surface area contributed by atoms with Gasteiger partial charge >= 0.3 is 5.97 Å². The van der Waals surface area contributed by atoms with Gasteiger partial charge in [0.25, 0.3) is 0 Å². The molecule has 2 heterocycles. The van der Waals surface area contributed by atoms with Gasteiger partial charge in [-0.05, 0) is 36.2 Å². The van der Waals surface area contributed by atoms with Crippen molar-refractivity contribution in [2.24, 2.45) is 11.7 Å². The SMILES string of the molecule is CCCC1NNC2OC(N)=C(C#N)C(c3ccc(OC(=O)c4ccccc4)c(OC)c3)C12. The second-order valence-corrected chi connectivity index (χ2v) is 7.83. The van der Waals surface area contributed by atoms with E-state index in [1.54, 1.807) is 36.4 Å². The summed E-state index contributed by atoms with van der Waals surface area (Å²) in [7, 11) is 1.51. The molecule has 0 spiro atoms. The molecule has 8 nitrogen and oxygen atoms in total. The zero-order valence-electron chi connectivity index (χ0n) is 18.0. The fraction of sp³-hybridized carbons (Fsp3) is 0.333. The van der Waals surface area contributed by atoms with Crippen LogP contribution in [0.3, 0.4) is 0 Å². The number of allylic oxidation sites excluding steroid dienone is 1. The number of hydrogen-bond donors (Lipinski definition) is 3. The summed E-state index contributed by atoms with van der Waals surface area (Å²) in [4.78, 5) is 12.5. The van der Waals surface area contributed by atoms with Crippen LogP contribution in [0, 0.1) is 17.2 Å². The van der Waals surface area contributed by atoms with Gasteiger partial charge in [0.05, 0.1) is 18.2 Å². The van der Waals surface area contributed by atoms with Gasteiger partial charge in [-0.15, -0.1) is 0 Å². The predicted molar refractivity (Wildman–Crippen MR) is 117 cm³/mol. The number of ether oxygens (including phenoxy) is 3. The second-order valence-electron chi connectivity index (χ2n) is 7.83. The number of hydrazine groups is 1. The van der Waals surface area contributed by atoms with Gasteiger partial charge in [-0.3, -0.25) is 5.43 Å². The Labute approximate surface area is 186 Å². The Morgan fingerprint density at radius 1 is 1.19 bits per heavy atom. The van der Waals surface area contributed by atoms with Gasteiger partial charge in [0.1, 0.15) is 6.07 Å². The Morgan fingerprint density at radius 2 is 1.97 bits per heavy atom. The standard InChI is InChI=1S/C24H26N4O4/c1-3-7-17-21-20(16(13-25)22(26)32-23(21)28-27-17)15-10-11-18(19(12-15)30-2)31-24(29)14-8-5-4-6-9-14/h4-6,8-12,17,20-21,23,27-28H,3,7,26H2,1-2H3. The third-order valence-corrected chi connectivity index (χ3v) is 5.92. The van der Waals surface area contributed by atoms with E-state index in [-0.39, 0.29) is 30.0 Å². The molecule has 4 rings (SSSR count). The van der Waals surface area contributed by atoms with Gasteiger partial charge in [-0.1, -0.05) is 37.6 Å². The highest BCUT2D eigenvalue weighted by Gasteiger charge is 2.48. The van der Waals surface area contributed by atoms with Gasteiger partial charge in [0.2, 0.25) is 5.88 Å². The molecule has 0 amide bonds. The maximum absolute atomic E-state index is 12.5. The van der Waals surface area contributed by atoms with Gasteiger partial charge < -0.3 is 19.9 Å². The summed E-state index contributed by atoms with van der Waals surface area (Å²) >= 11 is 0. The van der Waals surface area contributed by atoms with E-state index in [9.17, 15) is 10.1 Å². The van der Waals surface area contributed by atoms with E-state index >= 15 is 0 Å². The van der Waals surface area contributed by atoms with E-state index < -0.39 is 5.97 Å². The van der Waals surface area contributed by atoms with Crippen LogP contribution in [-0.2, 0) is 4.74 Å². The van der Waals surface area contributed by atoms with Crippen LogP contribution in [0.2, 0.25) is 0 Å². The monoisotopic (exact) mass is 434 g/mol. The summed E-state index contributed by atoms with van der Waals surface area (Å²) in [6, 6.07) is 16.4. The third-order valence-electron chi connectivity index (χ3n) is 5.92. The highest BCUT2D eigenvalue weighted by Crippen LogP contribution is 2.45. The van der Waals surface area contributed by atoms with Crippen LogP contribution in [0.25, 0.3) is 0 Å². The van der Waals surface area contributed by atoms with E-state index in [4.69, 9.17) is 19.9 Å². The molecule has 32 heavy (non-hydrogen) atoms. The first-order chi connectivity index (χ1) is 15.6. The molecule has 166 valence electrons. The van der Waals surface area contributed by atoms with Crippen molar-refractivity contribution < 1.29 is 19.0 Å². The number of carbonyl (C=O) groups is 1. The summed E-state index contributed by atoms with van der Waals surface area (Å²) in [5.74, 6) is -0.000854. The number of esters is 1. The van der Waals surface area contributed by atoms with E-state index in [1.165, 1.54) is 7.11 Å². The van der Waals surface area contributed by atoms with Crippen LogP contribution in [0.1, 0.15) is 41.6 Å². The molecule has 0 saturated carbocycles. The van der Waals surface area contributed by atoms with Gasteiger partial charge in [-0.25, -0.2) is 10.2 Å². The zero-order chi connectivity index (χ0) is 22.7. The van der Waals surface area contributed by atoms with Gasteiger partial charge in [0, 0.05) is 17.9 Å². The van der Waals surface area contributed by atoms with E-state index in [2.05, 4.69) is 23.8 Å². The fourth-order valence-corrected chi connectivity index (χ4v) is 4.44. The van der Waals surface area contributed by atoms with Crippen molar-refractivity contribution in [3.63, 3.8) is 0 Å². The number of nitrogens with two attached hydrogens (primary N) is 1. The molecular weight excluding hydrogens is 408 g/mol. The molecule has 0 aromatic heterocycles. The molecule has 2 aromatic carbocycles. The number of rotatable bonds is 6. The number of carbonyl (C=O) groups excluding carboxylic acids is 1. The molecule has 0 radical (unpaired) electrons. The molecule has 2 aromatic rings. The lowest BCUT2D eigenvalue weighted by molar-refractivity contribution is 0.0336. The highest BCUT2D eigenvalue weighted by molar-refractivity contribution is 5.91. The summed E-state index contributed by atoms with van der Waals surface area (Å²) < 4.78 is 16.9. The van der Waals surface area contributed by atoms with E-state index in [0.29, 0.717) is 22.6 Å². The minimum atomic E-state index is -0.475. The lowest BCUT2D eigenvalue weighted by Crippen LogP contribution is -2.41. The summed E-state index contributed by atoms with van der Waals surface area (Å²) in [6.07, 6.45) is 1.54. The Morgan fingerprint density at radius 3 is 2.66 bits per heavy atom. The third kappa shape index (κ3) is 4.00. The van der Waals surface area contributed by atoms with Gasteiger partial charge in [0.15, 0.2) is 17.7 Å². The zero-order valence-corrected chi connectivity index (χ0v) is 18.0. The Balaban J connectivity index is 1.69. The number of hydrogen-bond acceptors (Lipinski definition) is 8. The molecular formula is C24H26N4O4. The summed E-state index contributed by atoms with van der Waals surface area (Å²) in [5.41, 5.74) is 14.2. The number of fused-ring (bicyclic) bond motifs is 1. The first-order valence-corrected chi connectivity index (χ1v) is 10.6. The van der Waals surface area contributed by atoms with Crippen molar-refractivity contribution >= 4 is 5.97 Å². The van der Waals surface area contributed by atoms with Crippen LogP contribution >= 0.6 is 0 Å². The predicted octanol–water partition coefficient (Wildman–Crippen LogP) is 2.94. The van der Waals surface area contributed by atoms with Crippen LogP contribution < -0.4 is 26.1 Å². The van der Waals surface area contributed by atoms with Crippen LogP contribution in [0.15, 0.2) is 60.0 Å². The lowest BCUT2D eigenvalue weighted by atomic mass is 9.74. The summed E-state index contributed by atoms with van der Waals surface area (Å²) in [6.45, 7) is 2.11. The molecule has 2 aliphatic heterocycles. The van der Waals surface area contributed by atoms with Crippen LogP contribution in [0.4, 0.5) is 0 Å². The fourth-order valence-electron chi connectivity index (χ4n) is 4.44. The van der Waals surface area contributed by atoms with E-state index in [0.717, 1.165) is 18.4 Å². The molecule has 2 aliphatic rings. The molecule has 0 bridgehead atoms. The Kier molecular flexibility index (Phi) is 6.30. The van der Waals surface area contributed by atoms with Crippen molar-refractivity contribution in [1.82, 2.24) is 10.9 Å². The quantitative estimate of drug-likeness (QED) is 0.469. The number of nitrogens with one attached hydrogen (secondary N) is 2. The number of nitriles is 1. The number of benzene rings is 2. The second kappa shape index (κ2) is 9.30. The first-order valence-electron chi connectivity index (χ1n) is 10.6. The topological polar surface area (TPSA) is 119 Å². The number of methoxy groups -OCH3 is 1. The number of nitrogens with zero attached hydrogens (tertiary/aromatic N) is 1. The normalized spacial score (nSPS) is 24.3.